The third-order valence-electron chi connectivity index (χ3n) is 4.23. The largest absolute Gasteiger partial charge is 0.507 e. The Kier molecular flexibility index (Phi) is 4.66. The van der Waals surface area contributed by atoms with Crippen molar-refractivity contribution in [3.05, 3.63) is 70.1 Å². The van der Waals surface area contributed by atoms with Gasteiger partial charge in [0.2, 0.25) is 0 Å². The first-order valence-corrected chi connectivity index (χ1v) is 9.43. The molecule has 2 aliphatic rings. The predicted octanol–water partition coefficient (Wildman–Crippen LogP) is 3.82. The number of hydrogen-bond donors (Lipinski definition) is 2. The van der Waals surface area contributed by atoms with Crippen molar-refractivity contribution in [1.82, 2.24) is 0 Å². The molecule has 2 aromatic rings. The number of fused-ring (bicyclic) bond motifs is 1. The molecule has 4 rings (SSSR count). The maximum absolute atomic E-state index is 12.8. The van der Waals surface area contributed by atoms with E-state index in [1.807, 2.05) is 30.3 Å². The Hall–Kier alpha value is -3.10. The first-order valence-electron chi connectivity index (χ1n) is 8.21. The Morgan fingerprint density at radius 2 is 2.04 bits per heavy atom. The molecule has 2 aromatic carbocycles. The summed E-state index contributed by atoms with van der Waals surface area (Å²) < 4.78 is 6.00. The Morgan fingerprint density at radius 1 is 1.25 bits per heavy atom. The predicted molar refractivity (Wildman–Crippen MR) is 111 cm³/mol. The molecular formula is C20H13NO5S2. The molecule has 6 nitrogen and oxygen atoms in total. The fourth-order valence-electron chi connectivity index (χ4n) is 2.92. The Bertz CT molecular complexity index is 1090. The van der Waals surface area contributed by atoms with Gasteiger partial charge < -0.3 is 14.9 Å². The minimum absolute atomic E-state index is 0.243. The number of anilines is 1. The van der Waals surface area contributed by atoms with Crippen LogP contribution in [0.4, 0.5) is 5.69 Å². The summed E-state index contributed by atoms with van der Waals surface area (Å²) in [5.41, 5.74) is 1.84. The van der Waals surface area contributed by atoms with E-state index in [4.69, 9.17) is 22.1 Å². The maximum Gasteiger partial charge on any atom is 0.339 e. The van der Waals surface area contributed by atoms with Gasteiger partial charge in [-0.2, -0.15) is 0 Å². The lowest BCUT2D eigenvalue weighted by atomic mass is 10.1. The van der Waals surface area contributed by atoms with Crippen molar-refractivity contribution in [3.63, 3.8) is 0 Å². The van der Waals surface area contributed by atoms with Crippen LogP contribution < -0.4 is 9.64 Å². The zero-order valence-electron chi connectivity index (χ0n) is 14.3. The smallest absolute Gasteiger partial charge is 0.339 e. The van der Waals surface area contributed by atoms with Gasteiger partial charge in [0.25, 0.3) is 5.91 Å². The van der Waals surface area contributed by atoms with Crippen LogP contribution >= 0.6 is 24.0 Å². The molecule has 1 saturated heterocycles. The summed E-state index contributed by atoms with van der Waals surface area (Å²) in [4.78, 5) is 25.6. The third kappa shape index (κ3) is 3.28. The van der Waals surface area contributed by atoms with Crippen LogP contribution in [-0.4, -0.2) is 33.0 Å². The number of amides is 1. The number of ether oxygens (including phenoxy) is 1. The van der Waals surface area contributed by atoms with Crippen molar-refractivity contribution < 1.29 is 24.5 Å². The van der Waals surface area contributed by atoms with Crippen molar-refractivity contribution >= 4 is 51.9 Å². The minimum Gasteiger partial charge on any atom is -0.507 e. The van der Waals surface area contributed by atoms with E-state index in [2.05, 4.69) is 0 Å². The van der Waals surface area contributed by atoms with Gasteiger partial charge in [-0.15, -0.1) is 0 Å². The van der Waals surface area contributed by atoms with E-state index in [1.165, 1.54) is 23.1 Å². The third-order valence-corrected chi connectivity index (χ3v) is 5.54. The number of para-hydroxylation sites is 1. The van der Waals surface area contributed by atoms with Crippen LogP contribution in [0.3, 0.4) is 0 Å². The van der Waals surface area contributed by atoms with Crippen molar-refractivity contribution in [3.8, 4) is 11.5 Å². The van der Waals surface area contributed by atoms with Gasteiger partial charge in [0.05, 0.1) is 10.6 Å². The molecule has 0 radical (unpaired) electrons. The topological polar surface area (TPSA) is 87.1 Å². The highest BCUT2D eigenvalue weighted by Crippen LogP contribution is 2.38. The van der Waals surface area contributed by atoms with Gasteiger partial charge in [-0.1, -0.05) is 42.2 Å². The number of aromatic hydroxyl groups is 1. The maximum atomic E-state index is 12.8. The SMILES string of the molecule is O=C(O)c1ccc(N2C(=O)C(=CC3=Cc4ccccc4OC3)SC2=S)cc1O. The molecule has 28 heavy (non-hydrogen) atoms. The van der Waals surface area contributed by atoms with Gasteiger partial charge in [-0.3, -0.25) is 9.69 Å². The number of rotatable bonds is 3. The summed E-state index contributed by atoms with van der Waals surface area (Å²) >= 11 is 6.46. The first-order chi connectivity index (χ1) is 13.4. The van der Waals surface area contributed by atoms with Crippen LogP contribution in [0.15, 0.2) is 59.0 Å². The summed E-state index contributed by atoms with van der Waals surface area (Å²) in [6.45, 7) is 0.342. The lowest BCUT2D eigenvalue weighted by Crippen LogP contribution is -2.27. The molecular weight excluding hydrogens is 398 g/mol. The number of hydrogen-bond acceptors (Lipinski definition) is 6. The summed E-state index contributed by atoms with van der Waals surface area (Å²) in [5, 5.41) is 18.9. The van der Waals surface area contributed by atoms with E-state index in [9.17, 15) is 14.7 Å². The van der Waals surface area contributed by atoms with E-state index < -0.39 is 11.7 Å². The second-order valence-corrected chi connectivity index (χ2v) is 7.75. The van der Waals surface area contributed by atoms with Crippen molar-refractivity contribution in [1.29, 1.82) is 0 Å². The molecule has 0 aromatic heterocycles. The molecule has 8 heteroatoms. The van der Waals surface area contributed by atoms with E-state index >= 15 is 0 Å². The van der Waals surface area contributed by atoms with E-state index in [0.717, 1.165) is 28.6 Å². The number of phenols is 1. The molecule has 1 fully saturated rings. The van der Waals surface area contributed by atoms with E-state index in [-0.39, 0.29) is 11.5 Å². The molecule has 0 atom stereocenters. The average Bonchev–Trinajstić information content (AvgIpc) is 2.94. The van der Waals surface area contributed by atoms with Crippen LogP contribution in [0.25, 0.3) is 6.08 Å². The lowest BCUT2D eigenvalue weighted by Gasteiger charge is -2.16. The fraction of sp³-hybridized carbons (Fsp3) is 0.0500. The van der Waals surface area contributed by atoms with Gasteiger partial charge in [0, 0.05) is 11.6 Å². The second-order valence-electron chi connectivity index (χ2n) is 6.07. The van der Waals surface area contributed by atoms with Crippen LogP contribution in [0, 0.1) is 0 Å². The van der Waals surface area contributed by atoms with Crippen LogP contribution in [0.1, 0.15) is 15.9 Å². The second kappa shape index (κ2) is 7.14. The number of carboxylic acids is 1. The number of carbonyl (C=O) groups excluding carboxylic acids is 1. The molecule has 0 unspecified atom stereocenters. The summed E-state index contributed by atoms with van der Waals surface area (Å²) in [7, 11) is 0. The molecule has 2 heterocycles. The number of carboxylic acid groups (broad SMARTS) is 1. The fourth-order valence-corrected chi connectivity index (χ4v) is 4.23. The molecule has 0 aliphatic carbocycles. The molecule has 1 amide bonds. The molecule has 2 N–H and O–H groups in total. The van der Waals surface area contributed by atoms with Crippen molar-refractivity contribution in [2.45, 2.75) is 0 Å². The Morgan fingerprint density at radius 3 is 2.79 bits per heavy atom. The van der Waals surface area contributed by atoms with Crippen molar-refractivity contribution in [2.24, 2.45) is 0 Å². The number of thiocarbonyl (C=S) groups is 1. The molecule has 0 saturated carbocycles. The summed E-state index contributed by atoms with van der Waals surface area (Å²) in [6, 6.07) is 11.5. The van der Waals surface area contributed by atoms with Crippen LogP contribution in [-0.2, 0) is 4.79 Å². The molecule has 0 spiro atoms. The van der Waals surface area contributed by atoms with Gasteiger partial charge in [0.1, 0.15) is 23.7 Å². The number of benzene rings is 2. The monoisotopic (exact) mass is 411 g/mol. The van der Waals surface area contributed by atoms with Crippen LogP contribution in [0.2, 0.25) is 0 Å². The van der Waals surface area contributed by atoms with Gasteiger partial charge in [-0.05, 0) is 35.9 Å². The molecule has 0 bridgehead atoms. The number of carbonyl (C=O) groups is 2. The number of aromatic carboxylic acids is 1. The molecule has 140 valence electrons. The summed E-state index contributed by atoms with van der Waals surface area (Å²) in [5.74, 6) is -1.22. The van der Waals surface area contributed by atoms with E-state index in [0.29, 0.717) is 21.5 Å². The zero-order chi connectivity index (χ0) is 19.8. The number of thioether (sulfide) groups is 1. The standard InChI is InChI=1S/C20H13NO5S2/c22-15-9-13(5-6-14(15)19(24)25)21-18(23)17(28-20(21)27)8-11-7-12-3-1-2-4-16(12)26-10-11/h1-9,22H,10H2,(H,24,25). The highest BCUT2D eigenvalue weighted by atomic mass is 32.2. The quantitative estimate of drug-likeness (QED) is 0.587. The zero-order valence-corrected chi connectivity index (χ0v) is 15.9. The van der Waals surface area contributed by atoms with Crippen LogP contribution in [0.5, 0.6) is 11.5 Å². The summed E-state index contributed by atoms with van der Waals surface area (Å²) in [6.07, 6.45) is 3.69. The minimum atomic E-state index is -1.25. The highest BCUT2D eigenvalue weighted by Gasteiger charge is 2.34. The highest BCUT2D eigenvalue weighted by molar-refractivity contribution is 8.27. The van der Waals surface area contributed by atoms with E-state index in [1.54, 1.807) is 6.08 Å². The Balaban J connectivity index is 1.63. The lowest BCUT2D eigenvalue weighted by molar-refractivity contribution is -0.113. The normalized spacial score (nSPS) is 17.4. The Labute approximate surface area is 169 Å². The number of nitrogens with zero attached hydrogens (tertiary/aromatic N) is 1. The van der Waals surface area contributed by atoms with Gasteiger partial charge >= 0.3 is 5.97 Å². The first kappa shape index (κ1) is 18.3. The average molecular weight is 411 g/mol. The van der Waals surface area contributed by atoms with Crippen molar-refractivity contribution in [2.75, 3.05) is 11.5 Å². The molecule has 2 aliphatic heterocycles. The van der Waals surface area contributed by atoms with Gasteiger partial charge in [0.15, 0.2) is 4.32 Å². The van der Waals surface area contributed by atoms with Gasteiger partial charge in [-0.25, -0.2) is 4.79 Å².